The van der Waals surface area contributed by atoms with Gasteiger partial charge in [-0.2, -0.15) is 0 Å². The number of esters is 1. The number of thioether (sulfide) groups is 1. The lowest BCUT2D eigenvalue weighted by atomic mass is 10.0. The highest BCUT2D eigenvalue weighted by atomic mass is 35.5. The maximum atomic E-state index is 13.2. The zero-order valence-electron chi connectivity index (χ0n) is 20.1. The Hall–Kier alpha value is -3.73. The lowest BCUT2D eigenvalue weighted by Crippen LogP contribution is -2.10. The molecule has 0 bridgehead atoms. The van der Waals surface area contributed by atoms with Gasteiger partial charge in [-0.25, -0.2) is 4.79 Å². The molecule has 0 heterocycles. The van der Waals surface area contributed by atoms with Crippen molar-refractivity contribution < 1.29 is 14.3 Å². The van der Waals surface area contributed by atoms with Crippen molar-refractivity contribution in [3.63, 3.8) is 0 Å². The first-order chi connectivity index (χ1) is 18.2. The fraction of sp³-hybridized carbons (Fsp3) is 0.0938. The molecule has 0 aromatic heterocycles. The number of hydrogen-bond donors (Lipinski definition) is 0. The van der Waals surface area contributed by atoms with Gasteiger partial charge in [-0.1, -0.05) is 96.5 Å². The lowest BCUT2D eigenvalue weighted by Gasteiger charge is -2.14. The summed E-state index contributed by atoms with van der Waals surface area (Å²) in [7, 11) is 0. The average Bonchev–Trinajstić information content (AvgIpc) is 2.95. The van der Waals surface area contributed by atoms with E-state index in [-0.39, 0.29) is 12.6 Å². The smallest absolute Gasteiger partial charge is 0.342 e. The Morgan fingerprint density at radius 2 is 1.41 bits per heavy atom. The van der Waals surface area contributed by atoms with Crippen LogP contribution in [0.15, 0.2) is 120 Å². The second kappa shape index (κ2) is 12.0. The lowest BCUT2D eigenvalue weighted by molar-refractivity contribution is 0.0471. The van der Waals surface area contributed by atoms with Crippen LogP contribution >= 0.6 is 23.4 Å². The Morgan fingerprint density at radius 1 is 0.730 bits per heavy atom. The average molecular weight is 525 g/mol. The molecule has 0 aliphatic carbocycles. The van der Waals surface area contributed by atoms with Crippen molar-refractivity contribution in [2.75, 3.05) is 12.4 Å². The van der Waals surface area contributed by atoms with Gasteiger partial charge in [0.1, 0.15) is 17.9 Å². The Bertz CT molecular complexity index is 1480. The van der Waals surface area contributed by atoms with E-state index in [2.05, 4.69) is 24.3 Å². The van der Waals surface area contributed by atoms with E-state index in [9.17, 15) is 4.79 Å². The Morgan fingerprint density at radius 3 is 2.16 bits per heavy atom. The van der Waals surface area contributed by atoms with E-state index in [4.69, 9.17) is 21.1 Å². The van der Waals surface area contributed by atoms with Crippen LogP contribution in [0, 0.1) is 0 Å². The van der Waals surface area contributed by atoms with Crippen molar-refractivity contribution >= 4 is 40.1 Å². The van der Waals surface area contributed by atoms with Crippen molar-refractivity contribution in [2.45, 2.75) is 11.5 Å². The van der Waals surface area contributed by atoms with Crippen LogP contribution in [0.25, 0.3) is 21.9 Å². The summed E-state index contributed by atoms with van der Waals surface area (Å²) in [5.41, 5.74) is 3.68. The van der Waals surface area contributed by atoms with Crippen molar-refractivity contribution in [1.29, 1.82) is 0 Å². The second-order valence-electron chi connectivity index (χ2n) is 8.45. The Kier molecular flexibility index (Phi) is 8.09. The monoisotopic (exact) mass is 524 g/mol. The highest BCUT2D eigenvalue weighted by Crippen LogP contribution is 2.30. The van der Waals surface area contributed by atoms with Crippen molar-refractivity contribution in [1.82, 2.24) is 0 Å². The van der Waals surface area contributed by atoms with Gasteiger partial charge in [-0.15, -0.1) is 11.8 Å². The predicted molar refractivity (Wildman–Crippen MR) is 153 cm³/mol. The maximum Gasteiger partial charge on any atom is 0.342 e. The summed E-state index contributed by atoms with van der Waals surface area (Å²) in [5.74, 6) is 0.891. The molecule has 0 atom stereocenters. The molecule has 0 unspecified atom stereocenters. The van der Waals surface area contributed by atoms with E-state index in [1.165, 1.54) is 0 Å². The molecule has 5 rings (SSSR count). The van der Waals surface area contributed by atoms with Gasteiger partial charge in [0.15, 0.2) is 0 Å². The van der Waals surface area contributed by atoms with Crippen molar-refractivity contribution in [3.8, 4) is 16.9 Å². The van der Waals surface area contributed by atoms with Gasteiger partial charge in [0, 0.05) is 15.7 Å². The number of hydrogen-bond acceptors (Lipinski definition) is 4. The minimum atomic E-state index is -0.388. The number of carbonyl (C=O) groups is 1. The Balaban J connectivity index is 1.23. The standard InChI is InChI=1S/C32H25ClO3S/c33-27-15-10-24(11-16-27)25-12-17-28(18-13-25)37-21-20-35-30-19-14-26-8-4-5-9-29(26)31(30)32(34)36-22-23-6-2-1-3-7-23/h1-19H,20-22H2. The van der Waals surface area contributed by atoms with Gasteiger partial charge in [-0.3, -0.25) is 0 Å². The van der Waals surface area contributed by atoms with E-state index in [0.717, 1.165) is 43.1 Å². The molecule has 0 saturated carbocycles. The highest BCUT2D eigenvalue weighted by Gasteiger charge is 2.18. The summed E-state index contributed by atoms with van der Waals surface area (Å²) in [5, 5.41) is 2.52. The third-order valence-electron chi connectivity index (χ3n) is 5.95. The van der Waals surface area contributed by atoms with Crippen molar-refractivity contribution in [3.05, 3.63) is 131 Å². The molecule has 0 amide bonds. The molecular weight excluding hydrogens is 500 g/mol. The van der Waals surface area contributed by atoms with E-state index in [0.29, 0.717) is 17.9 Å². The first-order valence-corrected chi connectivity index (χ1v) is 13.4. The summed E-state index contributed by atoms with van der Waals surface area (Å²) in [6.45, 7) is 0.672. The number of ether oxygens (including phenoxy) is 2. The molecule has 0 spiro atoms. The maximum absolute atomic E-state index is 13.2. The molecule has 37 heavy (non-hydrogen) atoms. The summed E-state index contributed by atoms with van der Waals surface area (Å²) in [4.78, 5) is 14.3. The van der Waals surface area contributed by atoms with Crippen LogP contribution in [0.3, 0.4) is 0 Å². The molecule has 0 N–H and O–H groups in total. The van der Waals surface area contributed by atoms with Crippen LogP contribution < -0.4 is 4.74 Å². The molecule has 0 saturated heterocycles. The molecule has 5 aromatic carbocycles. The molecule has 0 aliphatic rings. The molecular formula is C32H25ClO3S. The SMILES string of the molecule is O=C(OCc1ccccc1)c1c(OCCSc2ccc(-c3ccc(Cl)cc3)cc2)ccc2ccccc12. The summed E-state index contributed by atoms with van der Waals surface area (Å²) in [6, 6.07) is 37.6. The molecule has 5 aromatic rings. The van der Waals surface area contributed by atoms with Crippen LogP contribution in [0.1, 0.15) is 15.9 Å². The molecule has 5 heteroatoms. The first-order valence-electron chi connectivity index (χ1n) is 12.0. The van der Waals surface area contributed by atoms with Gasteiger partial charge >= 0.3 is 5.97 Å². The van der Waals surface area contributed by atoms with Gasteiger partial charge in [0.2, 0.25) is 0 Å². The molecule has 0 fully saturated rings. The zero-order chi connectivity index (χ0) is 25.5. The van der Waals surface area contributed by atoms with E-state index >= 15 is 0 Å². The largest absolute Gasteiger partial charge is 0.492 e. The summed E-state index contributed by atoms with van der Waals surface area (Å²) < 4.78 is 11.8. The van der Waals surface area contributed by atoms with Gasteiger partial charge in [-0.05, 0) is 57.8 Å². The minimum absolute atomic E-state index is 0.213. The number of carbonyl (C=O) groups excluding carboxylic acids is 1. The highest BCUT2D eigenvalue weighted by molar-refractivity contribution is 7.99. The summed E-state index contributed by atoms with van der Waals surface area (Å²) in [6.07, 6.45) is 0. The molecule has 184 valence electrons. The molecule has 0 aliphatic heterocycles. The topological polar surface area (TPSA) is 35.5 Å². The third-order valence-corrected chi connectivity index (χ3v) is 7.18. The number of fused-ring (bicyclic) bond motifs is 1. The second-order valence-corrected chi connectivity index (χ2v) is 10.1. The number of halogens is 1. The Labute approximate surface area is 226 Å². The zero-order valence-corrected chi connectivity index (χ0v) is 21.7. The van der Waals surface area contributed by atoms with Crippen LogP contribution in [0.5, 0.6) is 5.75 Å². The normalized spacial score (nSPS) is 10.8. The van der Waals surface area contributed by atoms with Crippen molar-refractivity contribution in [2.24, 2.45) is 0 Å². The van der Waals surface area contributed by atoms with Crippen LogP contribution in [0.2, 0.25) is 5.02 Å². The van der Waals surface area contributed by atoms with Crippen LogP contribution in [0.4, 0.5) is 0 Å². The van der Waals surface area contributed by atoms with Crippen LogP contribution in [-0.2, 0) is 11.3 Å². The summed E-state index contributed by atoms with van der Waals surface area (Å²) >= 11 is 7.70. The van der Waals surface area contributed by atoms with Gasteiger partial charge < -0.3 is 9.47 Å². The van der Waals surface area contributed by atoms with E-state index in [1.807, 2.05) is 91.0 Å². The number of rotatable bonds is 9. The van der Waals surface area contributed by atoms with E-state index in [1.54, 1.807) is 11.8 Å². The first kappa shape index (κ1) is 24.9. The molecule has 0 radical (unpaired) electrons. The number of benzene rings is 5. The minimum Gasteiger partial charge on any atom is -0.492 e. The van der Waals surface area contributed by atoms with Gasteiger partial charge in [0.25, 0.3) is 0 Å². The van der Waals surface area contributed by atoms with Crippen LogP contribution in [-0.4, -0.2) is 18.3 Å². The van der Waals surface area contributed by atoms with Gasteiger partial charge in [0.05, 0.1) is 6.61 Å². The fourth-order valence-electron chi connectivity index (χ4n) is 4.07. The van der Waals surface area contributed by atoms with E-state index < -0.39 is 0 Å². The quantitative estimate of drug-likeness (QED) is 0.110. The molecule has 3 nitrogen and oxygen atoms in total. The predicted octanol–water partition coefficient (Wildman–Crippen LogP) is 8.69. The fourth-order valence-corrected chi connectivity index (χ4v) is 4.93. The third kappa shape index (κ3) is 6.34.